The lowest BCUT2D eigenvalue weighted by Gasteiger charge is -2.09. The molecule has 0 amide bonds. The van der Waals surface area contributed by atoms with E-state index in [4.69, 9.17) is 18.9 Å². The van der Waals surface area contributed by atoms with Crippen LogP contribution in [0.1, 0.15) is 19.3 Å². The van der Waals surface area contributed by atoms with E-state index in [0.717, 1.165) is 19.5 Å². The highest BCUT2D eigenvalue weighted by Crippen LogP contribution is 1.99. The van der Waals surface area contributed by atoms with Gasteiger partial charge in [-0.05, 0) is 45.4 Å². The van der Waals surface area contributed by atoms with E-state index in [9.17, 15) is 8.42 Å². The van der Waals surface area contributed by atoms with Crippen molar-refractivity contribution in [1.82, 2.24) is 15.4 Å². The summed E-state index contributed by atoms with van der Waals surface area (Å²) in [6.45, 7) is 3.01. The standard InChI is InChI=1S/C9H25N3O6SSi/c13-19(14,15)12-8-2-6-10-4-1-5-11-7-3-9-20(16,17)18/h10-12,16-18H,1-9H2,(H,13,14,15). The first-order valence-corrected chi connectivity index (χ1v) is 10.0. The van der Waals surface area contributed by atoms with Crippen molar-refractivity contribution in [2.75, 3.05) is 32.7 Å². The Balaban J connectivity index is 3.14. The molecule has 0 aromatic carbocycles. The SMILES string of the molecule is O=S(=O)(O)NCCCNCCCNCCC[Si](O)(O)O. The molecule has 0 rings (SSSR count). The molecule has 20 heavy (non-hydrogen) atoms. The molecule has 0 fully saturated rings. The molecule has 0 atom stereocenters. The summed E-state index contributed by atoms with van der Waals surface area (Å²) in [5.74, 6) is 0. The summed E-state index contributed by atoms with van der Waals surface area (Å²) in [6.07, 6.45) is 1.99. The van der Waals surface area contributed by atoms with Crippen molar-refractivity contribution >= 4 is 19.1 Å². The third kappa shape index (κ3) is 17.9. The Morgan fingerprint density at radius 3 is 1.70 bits per heavy atom. The molecule has 0 aliphatic heterocycles. The summed E-state index contributed by atoms with van der Waals surface area (Å²) in [4.78, 5) is 26.3. The molecule has 11 heteroatoms. The van der Waals surface area contributed by atoms with Gasteiger partial charge in [-0.25, -0.2) is 0 Å². The van der Waals surface area contributed by atoms with Crippen LogP contribution >= 0.6 is 0 Å². The van der Waals surface area contributed by atoms with E-state index >= 15 is 0 Å². The summed E-state index contributed by atoms with van der Waals surface area (Å²) >= 11 is 0. The smallest absolute Gasteiger partial charge is 0.390 e. The normalized spacial score (nSPS) is 12.8. The van der Waals surface area contributed by atoms with Crippen LogP contribution in [0.4, 0.5) is 0 Å². The molecule has 0 aliphatic rings. The van der Waals surface area contributed by atoms with Gasteiger partial charge in [-0.15, -0.1) is 0 Å². The first kappa shape index (κ1) is 19.9. The van der Waals surface area contributed by atoms with Gasteiger partial charge < -0.3 is 25.0 Å². The van der Waals surface area contributed by atoms with E-state index in [2.05, 4.69) is 10.6 Å². The van der Waals surface area contributed by atoms with Crippen molar-refractivity contribution < 1.29 is 27.4 Å². The number of hydrogen-bond acceptors (Lipinski definition) is 7. The van der Waals surface area contributed by atoms with Gasteiger partial charge >= 0.3 is 19.1 Å². The Morgan fingerprint density at radius 1 is 0.800 bits per heavy atom. The molecule has 0 unspecified atom stereocenters. The van der Waals surface area contributed by atoms with Gasteiger partial charge in [0.05, 0.1) is 0 Å². The van der Waals surface area contributed by atoms with Gasteiger partial charge in [0.15, 0.2) is 0 Å². The fourth-order valence-corrected chi connectivity index (χ4v) is 2.51. The zero-order valence-electron chi connectivity index (χ0n) is 11.4. The Labute approximate surface area is 120 Å². The third-order valence-electron chi connectivity index (χ3n) is 2.39. The zero-order chi connectivity index (χ0) is 15.5. The lowest BCUT2D eigenvalue weighted by molar-refractivity contribution is 0.226. The predicted octanol–water partition coefficient (Wildman–Crippen LogP) is -2.36. The van der Waals surface area contributed by atoms with Gasteiger partial charge in [-0.1, -0.05) is 0 Å². The fraction of sp³-hybridized carbons (Fsp3) is 1.00. The summed E-state index contributed by atoms with van der Waals surface area (Å²) in [7, 11) is -7.97. The molecule has 122 valence electrons. The van der Waals surface area contributed by atoms with Gasteiger partial charge in [0.2, 0.25) is 0 Å². The van der Waals surface area contributed by atoms with Crippen LogP contribution in [0.25, 0.3) is 0 Å². The van der Waals surface area contributed by atoms with Crippen LogP contribution in [0, 0.1) is 0 Å². The van der Waals surface area contributed by atoms with Gasteiger partial charge in [-0.2, -0.15) is 13.1 Å². The molecular formula is C9H25N3O6SSi. The monoisotopic (exact) mass is 331 g/mol. The Hall–Kier alpha value is -0.113. The minimum atomic E-state index is -4.08. The molecule has 0 aromatic rings. The van der Waals surface area contributed by atoms with Crippen molar-refractivity contribution in [3.63, 3.8) is 0 Å². The van der Waals surface area contributed by atoms with Crippen LogP contribution in [-0.2, 0) is 10.3 Å². The average Bonchev–Trinajstić information content (AvgIpc) is 2.27. The Bertz CT molecular complexity index is 335. The largest absolute Gasteiger partial charge is 0.492 e. The molecule has 0 spiro atoms. The lowest BCUT2D eigenvalue weighted by atomic mass is 10.3. The van der Waals surface area contributed by atoms with E-state index in [1.807, 2.05) is 4.72 Å². The summed E-state index contributed by atoms with van der Waals surface area (Å²) in [6, 6.07) is 0.0407. The highest BCUT2D eigenvalue weighted by atomic mass is 32.2. The Morgan fingerprint density at radius 2 is 1.25 bits per heavy atom. The first-order chi connectivity index (χ1) is 9.21. The van der Waals surface area contributed by atoms with Crippen molar-refractivity contribution in [3.05, 3.63) is 0 Å². The molecule has 0 bridgehead atoms. The van der Waals surface area contributed by atoms with Crippen LogP contribution in [0.3, 0.4) is 0 Å². The topological polar surface area (TPSA) is 151 Å². The fourth-order valence-electron chi connectivity index (χ4n) is 1.45. The second-order valence-corrected chi connectivity index (χ2v) is 7.74. The van der Waals surface area contributed by atoms with Crippen LogP contribution in [0.5, 0.6) is 0 Å². The summed E-state index contributed by atoms with van der Waals surface area (Å²) in [5, 5.41) is 6.22. The molecule has 9 nitrogen and oxygen atoms in total. The highest BCUT2D eigenvalue weighted by Gasteiger charge is 2.25. The van der Waals surface area contributed by atoms with E-state index < -0.39 is 19.1 Å². The zero-order valence-corrected chi connectivity index (χ0v) is 13.2. The van der Waals surface area contributed by atoms with Crippen molar-refractivity contribution in [1.29, 1.82) is 0 Å². The first-order valence-electron chi connectivity index (χ1n) is 6.51. The van der Waals surface area contributed by atoms with E-state index in [1.54, 1.807) is 0 Å². The van der Waals surface area contributed by atoms with E-state index in [0.29, 0.717) is 25.9 Å². The molecule has 0 saturated carbocycles. The van der Waals surface area contributed by atoms with Crippen LogP contribution in [0.15, 0.2) is 0 Å². The maximum atomic E-state index is 10.3. The maximum absolute atomic E-state index is 10.3. The molecular weight excluding hydrogens is 306 g/mol. The molecule has 7 N–H and O–H groups in total. The van der Waals surface area contributed by atoms with Gasteiger partial charge in [-0.3, -0.25) is 4.55 Å². The highest BCUT2D eigenvalue weighted by molar-refractivity contribution is 7.83. The van der Waals surface area contributed by atoms with Gasteiger partial charge in [0, 0.05) is 12.6 Å². The van der Waals surface area contributed by atoms with Gasteiger partial charge in [0.1, 0.15) is 0 Å². The molecule has 0 heterocycles. The van der Waals surface area contributed by atoms with Gasteiger partial charge in [0.25, 0.3) is 0 Å². The number of hydrogen-bond donors (Lipinski definition) is 7. The van der Waals surface area contributed by atoms with Crippen molar-refractivity contribution in [2.24, 2.45) is 0 Å². The maximum Gasteiger partial charge on any atom is 0.492 e. The van der Waals surface area contributed by atoms with Crippen LogP contribution in [-0.4, -0.2) is 68.9 Å². The quantitative estimate of drug-likeness (QED) is 0.112. The van der Waals surface area contributed by atoms with Crippen LogP contribution < -0.4 is 15.4 Å². The number of nitrogens with one attached hydrogen (secondary N) is 3. The van der Waals surface area contributed by atoms with Crippen molar-refractivity contribution in [2.45, 2.75) is 25.3 Å². The van der Waals surface area contributed by atoms with Crippen LogP contribution in [0.2, 0.25) is 6.04 Å². The lowest BCUT2D eigenvalue weighted by Crippen LogP contribution is -2.35. The molecule has 0 aromatic heterocycles. The Kier molecular flexibility index (Phi) is 10.5. The molecule has 0 saturated heterocycles. The molecule has 0 aliphatic carbocycles. The second kappa shape index (κ2) is 10.6. The summed E-state index contributed by atoms with van der Waals surface area (Å²) in [5.41, 5.74) is 0. The second-order valence-electron chi connectivity index (χ2n) is 4.45. The minimum Gasteiger partial charge on any atom is -0.390 e. The summed E-state index contributed by atoms with van der Waals surface area (Å²) < 4.78 is 31.0. The average molecular weight is 331 g/mol. The van der Waals surface area contributed by atoms with E-state index in [-0.39, 0.29) is 12.6 Å². The van der Waals surface area contributed by atoms with E-state index in [1.165, 1.54) is 0 Å². The minimum absolute atomic E-state index is 0.0407. The molecule has 0 radical (unpaired) electrons. The third-order valence-corrected chi connectivity index (χ3v) is 3.98. The van der Waals surface area contributed by atoms with Crippen molar-refractivity contribution in [3.8, 4) is 0 Å². The predicted molar refractivity (Wildman–Crippen MR) is 76.4 cm³/mol. The number of rotatable bonds is 13.